The number of carbonyl (C=O) groups excluding carboxylic acids is 11. The first-order chi connectivity index (χ1) is 38.4. The van der Waals surface area contributed by atoms with Crippen molar-refractivity contribution >= 4 is 94.4 Å². The van der Waals surface area contributed by atoms with Crippen LogP contribution in [0.25, 0.3) is 11.2 Å². The largest absolute Gasteiger partial charge is 0.464 e. The molecule has 2 heterocycles. The summed E-state index contributed by atoms with van der Waals surface area (Å²) >= 11 is 0. The molecule has 3 aromatic rings. The van der Waals surface area contributed by atoms with Crippen LogP contribution in [0.4, 0.5) is 17.5 Å². The van der Waals surface area contributed by atoms with Crippen LogP contribution in [0.15, 0.2) is 30.5 Å². The number of carbonyl (C=O) groups is 11. The monoisotopic (exact) mass is 1140 g/mol. The number of rotatable bonds is 39. The quantitative estimate of drug-likeness (QED) is 0.0123. The van der Waals surface area contributed by atoms with Crippen molar-refractivity contribution in [1.29, 1.82) is 0 Å². The molecule has 0 saturated heterocycles. The number of nitrogens with zero attached hydrogens (tertiary/aromatic N) is 8. The van der Waals surface area contributed by atoms with Crippen LogP contribution in [-0.4, -0.2) is 174 Å². The molecule has 0 spiro atoms. The van der Waals surface area contributed by atoms with E-state index in [2.05, 4.69) is 35.9 Å². The summed E-state index contributed by atoms with van der Waals surface area (Å²) in [6, 6.07) is 4.07. The Morgan fingerprint density at radius 1 is 0.691 bits per heavy atom. The minimum atomic E-state index is -1.23. The van der Waals surface area contributed by atoms with E-state index in [4.69, 9.17) is 26.7 Å². The highest BCUT2D eigenvalue weighted by atomic mass is 16.5. The number of nitrogens with two attached hydrogens (primary N) is 3. The smallest absolute Gasteiger partial charge is 0.295 e. The molecule has 0 fully saturated rings. The van der Waals surface area contributed by atoms with E-state index < -0.39 is 89.5 Å². The number of amides is 6. The molecule has 0 aliphatic rings. The fraction of sp³-hybridized carbons (Fsp3) is 0.549. The molecule has 5 atom stereocenters. The van der Waals surface area contributed by atoms with Crippen LogP contribution in [0.2, 0.25) is 0 Å². The number of aromatic nitrogens is 4. The maximum atomic E-state index is 13.8. The Hall–Kier alpha value is -8.35. The van der Waals surface area contributed by atoms with Crippen molar-refractivity contribution in [2.24, 2.45) is 11.7 Å². The molecule has 3 rings (SSSR count). The second kappa shape index (κ2) is 34.6. The number of ether oxygens (including phenoxy) is 2. The predicted octanol–water partition coefficient (Wildman–Crippen LogP) is 0.417. The molecular formula is C51H74N14O16. The second-order valence-corrected chi connectivity index (χ2v) is 19.1. The molecule has 6 amide bonds. The molecule has 2 aromatic heterocycles. The van der Waals surface area contributed by atoms with E-state index in [1.165, 1.54) is 6.20 Å². The summed E-state index contributed by atoms with van der Waals surface area (Å²) in [6.45, 7) is 3.51. The van der Waals surface area contributed by atoms with Gasteiger partial charge < -0.3 is 47.5 Å². The molecule has 0 radical (unpaired) electrons. The van der Waals surface area contributed by atoms with Crippen molar-refractivity contribution < 1.29 is 77.8 Å². The maximum Gasteiger partial charge on any atom is 0.295 e. The van der Waals surface area contributed by atoms with Gasteiger partial charge in [0.25, 0.3) is 18.9 Å². The first-order valence-electron chi connectivity index (χ1n) is 26.1. The van der Waals surface area contributed by atoms with Gasteiger partial charge in [-0.3, -0.25) is 68.4 Å². The highest BCUT2D eigenvalue weighted by molar-refractivity contribution is 5.95. The number of fused-ring (bicyclic) bond motifs is 1. The standard InChI is InChI=1S/C51H74N14O16/c1-31(68)63(77)22-6-9-35(25-43(73)41(11-8-24-65(79)33(3)70)58-50(76)40(52)10-7-23-64(78)32(2)69)42(72)12-5-21-55-44(74)19-18-39(80-29-66)26-38(71)17-20-45(81-30-67)59-49(75)34-13-15-37(16-14-34)62(4)28-36-27-56-48-46(57-36)47(53)60-51(54)61-48/h13-16,27,29-30,35,39-41,45,77-79H,5-12,17-26,28,52H2,1-4H3,(H,55,74)(H,58,76)(H,59,75)(H4,53,54,56,60,61)/t35-,39-,40+,41+,45+/m1/s1. The highest BCUT2D eigenvalue weighted by Gasteiger charge is 2.29. The first-order valence-corrected chi connectivity index (χ1v) is 26.1. The lowest BCUT2D eigenvalue weighted by molar-refractivity contribution is -0.163. The minimum Gasteiger partial charge on any atom is -0.464 e. The number of anilines is 3. The Labute approximate surface area is 466 Å². The third-order valence-electron chi connectivity index (χ3n) is 12.7. The summed E-state index contributed by atoms with van der Waals surface area (Å²) in [7, 11) is 1.79. The van der Waals surface area contributed by atoms with Crippen LogP contribution < -0.4 is 38.1 Å². The number of hydroxylamine groups is 6. The number of nitrogens with one attached hydrogen (secondary N) is 3. The zero-order valence-electron chi connectivity index (χ0n) is 45.8. The van der Waals surface area contributed by atoms with E-state index in [0.717, 1.165) is 20.8 Å². The van der Waals surface area contributed by atoms with Crippen LogP contribution in [-0.2, 0) is 64.0 Å². The summed E-state index contributed by atoms with van der Waals surface area (Å²) in [5.41, 5.74) is 19.7. The Morgan fingerprint density at radius 2 is 1.30 bits per heavy atom. The van der Waals surface area contributed by atoms with Gasteiger partial charge in [-0.1, -0.05) is 0 Å². The zero-order valence-corrected chi connectivity index (χ0v) is 45.8. The summed E-state index contributed by atoms with van der Waals surface area (Å²) in [5, 5.41) is 38.6. The van der Waals surface area contributed by atoms with Crippen LogP contribution >= 0.6 is 0 Å². The van der Waals surface area contributed by atoms with Crippen molar-refractivity contribution in [2.75, 3.05) is 49.6 Å². The van der Waals surface area contributed by atoms with Gasteiger partial charge in [0.15, 0.2) is 29.0 Å². The molecule has 444 valence electrons. The Balaban J connectivity index is 1.52. The van der Waals surface area contributed by atoms with Gasteiger partial charge in [0, 0.05) is 110 Å². The van der Waals surface area contributed by atoms with Crippen molar-refractivity contribution in [3.05, 3.63) is 41.7 Å². The number of benzene rings is 1. The topological polar surface area (TPSA) is 446 Å². The zero-order chi connectivity index (χ0) is 60.2. The Bertz CT molecular complexity index is 2650. The molecule has 12 N–H and O–H groups in total. The highest BCUT2D eigenvalue weighted by Crippen LogP contribution is 2.22. The molecule has 0 aliphatic heterocycles. The van der Waals surface area contributed by atoms with Crippen molar-refractivity contribution in [3.63, 3.8) is 0 Å². The molecular weight excluding hydrogens is 1060 g/mol. The Kier molecular flexibility index (Phi) is 28.6. The van der Waals surface area contributed by atoms with Gasteiger partial charge in [0.2, 0.25) is 35.5 Å². The predicted molar refractivity (Wildman–Crippen MR) is 285 cm³/mol. The fourth-order valence-corrected chi connectivity index (χ4v) is 8.10. The van der Waals surface area contributed by atoms with E-state index in [1.54, 1.807) is 31.3 Å². The van der Waals surface area contributed by atoms with Gasteiger partial charge in [0.1, 0.15) is 17.7 Å². The maximum absolute atomic E-state index is 13.8. The van der Waals surface area contributed by atoms with Gasteiger partial charge >= 0.3 is 0 Å². The van der Waals surface area contributed by atoms with Crippen LogP contribution in [0.1, 0.15) is 127 Å². The molecule has 0 bridgehead atoms. The lowest BCUT2D eigenvalue weighted by Crippen LogP contribution is -2.49. The number of hydrogen-bond acceptors (Lipinski definition) is 24. The van der Waals surface area contributed by atoms with Gasteiger partial charge in [-0.05, 0) is 75.6 Å². The van der Waals surface area contributed by atoms with Crippen LogP contribution in [0.3, 0.4) is 0 Å². The summed E-state index contributed by atoms with van der Waals surface area (Å²) in [4.78, 5) is 155. The average molecular weight is 1140 g/mol. The molecule has 30 heteroatoms. The lowest BCUT2D eigenvalue weighted by Gasteiger charge is -2.24. The van der Waals surface area contributed by atoms with Gasteiger partial charge in [-0.15, -0.1) is 0 Å². The van der Waals surface area contributed by atoms with Crippen molar-refractivity contribution in [2.45, 2.75) is 142 Å². The summed E-state index contributed by atoms with van der Waals surface area (Å²) < 4.78 is 10.1. The third-order valence-corrected chi connectivity index (χ3v) is 12.7. The van der Waals surface area contributed by atoms with Gasteiger partial charge in [-0.25, -0.2) is 25.2 Å². The van der Waals surface area contributed by atoms with Gasteiger partial charge in [0.05, 0.1) is 30.5 Å². The summed E-state index contributed by atoms with van der Waals surface area (Å²) in [5.74, 6) is -6.11. The molecule has 0 unspecified atom stereocenters. The van der Waals surface area contributed by atoms with Crippen molar-refractivity contribution in [3.8, 4) is 0 Å². The molecule has 1 aromatic carbocycles. The molecule has 0 aliphatic carbocycles. The molecule has 0 saturated carbocycles. The van der Waals surface area contributed by atoms with E-state index in [0.29, 0.717) is 38.6 Å². The van der Waals surface area contributed by atoms with Crippen LogP contribution in [0.5, 0.6) is 0 Å². The Morgan fingerprint density at radius 3 is 1.90 bits per heavy atom. The first kappa shape index (κ1) is 66.9. The number of hydrogen-bond donors (Lipinski definition) is 9. The lowest BCUT2D eigenvalue weighted by atomic mass is 9.87. The molecule has 30 nitrogen and oxygen atoms in total. The van der Waals surface area contributed by atoms with Crippen LogP contribution in [0, 0.1) is 5.92 Å². The second-order valence-electron chi connectivity index (χ2n) is 19.1. The molecule has 81 heavy (non-hydrogen) atoms. The van der Waals surface area contributed by atoms with Crippen molar-refractivity contribution in [1.82, 2.24) is 51.1 Å². The van der Waals surface area contributed by atoms with E-state index in [9.17, 15) is 68.4 Å². The third kappa shape index (κ3) is 24.3. The number of nitrogen functional groups attached to an aromatic ring is 2. The minimum absolute atomic E-state index is 0.000715. The SMILES string of the molecule is CC(=O)N(O)CCC[C@H](CC(=O)[C@H](CCCN(O)C(C)=O)NC(=O)[C@@H](N)CCCN(O)C(C)=O)C(=O)CCCNC(=O)CC[C@H](CC(=O)CC[C@@H](NC(=O)c1ccc(N(C)Cc2cnc3nc(N)nc(N)c3n2)cc1)OC=O)OC=O. The average Bonchev–Trinajstić information content (AvgIpc) is 3.42. The fourth-order valence-electron chi connectivity index (χ4n) is 8.10. The van der Waals surface area contributed by atoms with E-state index >= 15 is 0 Å². The van der Waals surface area contributed by atoms with E-state index in [1.807, 2.05) is 4.90 Å². The van der Waals surface area contributed by atoms with E-state index in [-0.39, 0.29) is 146 Å². The normalized spacial score (nSPS) is 12.8. The van der Waals surface area contributed by atoms with Gasteiger partial charge in [-0.2, -0.15) is 9.97 Å². The number of Topliss-reactive ketones (excluding diaryl/α,β-unsaturated/α-hetero) is 3. The number of ketones is 3. The summed E-state index contributed by atoms with van der Waals surface area (Å²) in [6.07, 6.45) is -1.75.